The highest BCUT2D eigenvalue weighted by Gasteiger charge is 2.11. The number of rotatable bonds is 2. The van der Waals surface area contributed by atoms with Crippen LogP contribution in [0.15, 0.2) is 34.3 Å². The largest absolute Gasteiger partial charge is 0.367 e. The summed E-state index contributed by atoms with van der Waals surface area (Å²) in [5.74, 6) is 0. The Balaban J connectivity index is 2.14. The number of nitrogens with two attached hydrogens (primary N) is 1. The number of anilines is 1. The fourth-order valence-electron chi connectivity index (χ4n) is 1.91. The molecule has 3 heteroatoms. The molecule has 1 heterocycles. The minimum Gasteiger partial charge on any atom is -0.367 e. The van der Waals surface area contributed by atoms with Gasteiger partial charge in [0.05, 0.1) is 0 Å². The Bertz CT molecular complexity index is 412. The van der Waals surface area contributed by atoms with Crippen molar-refractivity contribution in [3.05, 3.63) is 39.9 Å². The van der Waals surface area contributed by atoms with E-state index in [1.807, 2.05) is 0 Å². The molecule has 0 saturated heterocycles. The molecule has 1 aliphatic heterocycles. The molecule has 1 aromatic carbocycles. The van der Waals surface area contributed by atoms with E-state index in [9.17, 15) is 0 Å². The molecule has 16 heavy (non-hydrogen) atoms. The predicted molar refractivity (Wildman–Crippen MR) is 72.8 cm³/mol. The van der Waals surface area contributed by atoms with Crippen LogP contribution in [0.3, 0.4) is 0 Å². The van der Waals surface area contributed by atoms with Gasteiger partial charge in [0.2, 0.25) is 0 Å². The minimum atomic E-state index is 0.700. The van der Waals surface area contributed by atoms with Crippen molar-refractivity contribution >= 4 is 21.6 Å². The lowest BCUT2D eigenvalue weighted by atomic mass is 10.1. The highest BCUT2D eigenvalue weighted by Crippen LogP contribution is 2.25. The zero-order valence-corrected chi connectivity index (χ0v) is 11.1. The zero-order chi connectivity index (χ0) is 11.5. The first-order chi connectivity index (χ1) is 7.70. The lowest BCUT2D eigenvalue weighted by Crippen LogP contribution is -2.29. The van der Waals surface area contributed by atoms with Gasteiger partial charge in [-0.25, -0.2) is 0 Å². The van der Waals surface area contributed by atoms with Gasteiger partial charge in [0, 0.05) is 29.8 Å². The summed E-state index contributed by atoms with van der Waals surface area (Å²) in [6.45, 7) is 4.85. The van der Waals surface area contributed by atoms with Crippen LogP contribution < -0.4 is 10.6 Å². The first-order valence-electron chi connectivity index (χ1n) is 5.60. The highest BCUT2D eigenvalue weighted by molar-refractivity contribution is 9.10. The van der Waals surface area contributed by atoms with Gasteiger partial charge in [0.15, 0.2) is 0 Å². The Morgan fingerprint density at radius 2 is 2.25 bits per heavy atom. The van der Waals surface area contributed by atoms with E-state index in [-0.39, 0.29) is 0 Å². The van der Waals surface area contributed by atoms with Crippen molar-refractivity contribution in [2.24, 2.45) is 5.73 Å². The highest BCUT2D eigenvalue weighted by atomic mass is 79.9. The Morgan fingerprint density at radius 1 is 1.44 bits per heavy atom. The van der Waals surface area contributed by atoms with Crippen molar-refractivity contribution in [3.8, 4) is 0 Å². The van der Waals surface area contributed by atoms with E-state index in [2.05, 4.69) is 52.0 Å². The zero-order valence-electron chi connectivity index (χ0n) is 9.54. The van der Waals surface area contributed by atoms with Crippen molar-refractivity contribution in [1.82, 2.24) is 0 Å². The van der Waals surface area contributed by atoms with E-state index >= 15 is 0 Å². The van der Waals surface area contributed by atoms with Crippen LogP contribution >= 0.6 is 15.9 Å². The van der Waals surface area contributed by atoms with Crippen molar-refractivity contribution in [2.75, 3.05) is 24.5 Å². The standard InChI is InChI=1S/C13H17BrN2/c1-10-2-3-12(8-13(10)14)16-6-4-11(9-15)5-7-16/h2-4,8H,5-7,9,15H2,1H3. The van der Waals surface area contributed by atoms with Gasteiger partial charge in [-0.2, -0.15) is 0 Å². The van der Waals surface area contributed by atoms with Gasteiger partial charge < -0.3 is 10.6 Å². The topological polar surface area (TPSA) is 29.3 Å². The van der Waals surface area contributed by atoms with Gasteiger partial charge in [0.25, 0.3) is 0 Å². The maximum Gasteiger partial charge on any atom is 0.0380 e. The summed E-state index contributed by atoms with van der Waals surface area (Å²) < 4.78 is 1.18. The molecule has 0 saturated carbocycles. The Labute approximate surface area is 105 Å². The van der Waals surface area contributed by atoms with Crippen LogP contribution in [0, 0.1) is 6.92 Å². The second-order valence-electron chi connectivity index (χ2n) is 4.20. The van der Waals surface area contributed by atoms with E-state index in [4.69, 9.17) is 5.73 Å². The van der Waals surface area contributed by atoms with Crippen molar-refractivity contribution < 1.29 is 0 Å². The number of benzene rings is 1. The van der Waals surface area contributed by atoms with Gasteiger partial charge in [-0.05, 0) is 31.0 Å². The van der Waals surface area contributed by atoms with Crippen LogP contribution in [0.1, 0.15) is 12.0 Å². The van der Waals surface area contributed by atoms with E-state index in [1.165, 1.54) is 21.3 Å². The monoisotopic (exact) mass is 280 g/mol. The maximum atomic E-state index is 5.64. The summed E-state index contributed by atoms with van der Waals surface area (Å²) in [5, 5.41) is 0. The van der Waals surface area contributed by atoms with Crippen LogP contribution in [0.5, 0.6) is 0 Å². The number of hydrogen-bond acceptors (Lipinski definition) is 2. The molecule has 0 fully saturated rings. The van der Waals surface area contributed by atoms with Gasteiger partial charge in [-0.3, -0.25) is 0 Å². The molecule has 0 atom stereocenters. The molecule has 0 spiro atoms. The summed E-state index contributed by atoms with van der Waals surface area (Å²) in [6.07, 6.45) is 3.33. The number of halogens is 1. The van der Waals surface area contributed by atoms with Crippen molar-refractivity contribution in [3.63, 3.8) is 0 Å². The fraction of sp³-hybridized carbons (Fsp3) is 0.385. The molecule has 1 aromatic rings. The maximum absolute atomic E-state index is 5.64. The third-order valence-corrected chi connectivity index (χ3v) is 3.94. The molecule has 0 radical (unpaired) electrons. The third kappa shape index (κ3) is 2.47. The first-order valence-corrected chi connectivity index (χ1v) is 6.39. The SMILES string of the molecule is Cc1ccc(N2CC=C(CN)CC2)cc1Br. The summed E-state index contributed by atoms with van der Waals surface area (Å²) in [5.41, 5.74) is 9.57. The number of aryl methyl sites for hydroxylation is 1. The van der Waals surface area contributed by atoms with Crippen LogP contribution in [0.4, 0.5) is 5.69 Å². The van der Waals surface area contributed by atoms with E-state index in [0.717, 1.165) is 19.5 Å². The molecule has 2 rings (SSSR count). The van der Waals surface area contributed by atoms with Gasteiger partial charge >= 0.3 is 0 Å². The molecule has 86 valence electrons. The average molecular weight is 281 g/mol. The Kier molecular flexibility index (Phi) is 3.66. The minimum absolute atomic E-state index is 0.700. The lowest BCUT2D eigenvalue weighted by Gasteiger charge is -2.28. The van der Waals surface area contributed by atoms with Crippen molar-refractivity contribution in [1.29, 1.82) is 0 Å². The Morgan fingerprint density at radius 3 is 2.81 bits per heavy atom. The summed E-state index contributed by atoms with van der Waals surface area (Å²) in [4.78, 5) is 2.38. The number of nitrogens with zero attached hydrogens (tertiary/aromatic N) is 1. The fourth-order valence-corrected chi connectivity index (χ4v) is 2.28. The van der Waals surface area contributed by atoms with Gasteiger partial charge in [-0.15, -0.1) is 0 Å². The molecule has 2 nitrogen and oxygen atoms in total. The second kappa shape index (κ2) is 5.02. The van der Waals surface area contributed by atoms with Gasteiger partial charge in [-0.1, -0.05) is 33.6 Å². The Hall–Kier alpha value is -0.800. The first kappa shape index (κ1) is 11.7. The quantitative estimate of drug-likeness (QED) is 0.845. The van der Waals surface area contributed by atoms with Crippen LogP contribution in [-0.4, -0.2) is 19.6 Å². The van der Waals surface area contributed by atoms with E-state index < -0.39 is 0 Å². The molecular weight excluding hydrogens is 264 g/mol. The third-order valence-electron chi connectivity index (χ3n) is 3.09. The normalized spacial score (nSPS) is 16.2. The molecule has 0 bridgehead atoms. The average Bonchev–Trinajstić information content (AvgIpc) is 2.33. The summed E-state index contributed by atoms with van der Waals surface area (Å²) in [6, 6.07) is 6.53. The van der Waals surface area contributed by atoms with Crippen LogP contribution in [0.25, 0.3) is 0 Å². The summed E-state index contributed by atoms with van der Waals surface area (Å²) >= 11 is 3.58. The lowest BCUT2D eigenvalue weighted by molar-refractivity contribution is 0.772. The van der Waals surface area contributed by atoms with Crippen LogP contribution in [0.2, 0.25) is 0 Å². The molecule has 0 amide bonds. The smallest absolute Gasteiger partial charge is 0.0380 e. The molecular formula is C13H17BrN2. The molecule has 2 N–H and O–H groups in total. The molecule has 1 aliphatic rings. The predicted octanol–water partition coefficient (Wildman–Crippen LogP) is 2.85. The molecule has 0 unspecified atom stereocenters. The summed E-state index contributed by atoms with van der Waals surface area (Å²) in [7, 11) is 0. The van der Waals surface area contributed by atoms with Gasteiger partial charge in [0.1, 0.15) is 0 Å². The van der Waals surface area contributed by atoms with Crippen LogP contribution in [-0.2, 0) is 0 Å². The van der Waals surface area contributed by atoms with E-state index in [1.54, 1.807) is 0 Å². The van der Waals surface area contributed by atoms with E-state index in [0.29, 0.717) is 6.54 Å². The van der Waals surface area contributed by atoms with Crippen molar-refractivity contribution in [2.45, 2.75) is 13.3 Å². The second-order valence-corrected chi connectivity index (χ2v) is 5.05. The molecule has 0 aliphatic carbocycles. The number of hydrogen-bond donors (Lipinski definition) is 1. The molecule has 0 aromatic heterocycles.